The number of thiocarbonyl (C=S) groups is 1. The van der Waals surface area contributed by atoms with Crippen LogP contribution in [0.15, 0.2) is 14.3 Å². The lowest BCUT2D eigenvalue weighted by Crippen LogP contribution is -2.31. The van der Waals surface area contributed by atoms with Crippen molar-refractivity contribution >= 4 is 71.4 Å². The van der Waals surface area contributed by atoms with Crippen LogP contribution < -0.4 is 10.6 Å². The molecule has 2 N–H and O–H groups in total. The first kappa shape index (κ1) is 12.1. The van der Waals surface area contributed by atoms with E-state index >= 15 is 0 Å². The SMILES string of the molecule is CC(=O)NC(=S)Nc1sc(Br)cc1Br. The van der Waals surface area contributed by atoms with Gasteiger partial charge in [-0.3, -0.25) is 4.79 Å². The Hall–Kier alpha value is 0.0200. The quantitative estimate of drug-likeness (QED) is 0.759. The summed E-state index contributed by atoms with van der Waals surface area (Å²) in [5, 5.41) is 6.54. The first-order valence-electron chi connectivity index (χ1n) is 3.52. The van der Waals surface area contributed by atoms with Crippen LogP contribution in [0, 0.1) is 0 Å². The molecule has 76 valence electrons. The van der Waals surface area contributed by atoms with Gasteiger partial charge in [-0.1, -0.05) is 0 Å². The number of halogens is 2. The second-order valence-corrected chi connectivity index (χ2v) is 6.06. The van der Waals surface area contributed by atoms with Gasteiger partial charge in [0.25, 0.3) is 0 Å². The molecule has 0 aliphatic carbocycles. The second-order valence-electron chi connectivity index (χ2n) is 2.36. The van der Waals surface area contributed by atoms with E-state index in [1.165, 1.54) is 18.3 Å². The number of nitrogens with one attached hydrogen (secondary N) is 2. The van der Waals surface area contributed by atoms with E-state index in [9.17, 15) is 4.79 Å². The van der Waals surface area contributed by atoms with Crippen molar-refractivity contribution in [3.63, 3.8) is 0 Å². The highest BCUT2D eigenvalue weighted by molar-refractivity contribution is 9.11. The molecular formula is C7H6Br2N2OS2. The largest absolute Gasteiger partial charge is 0.323 e. The highest BCUT2D eigenvalue weighted by Crippen LogP contribution is 2.35. The van der Waals surface area contributed by atoms with Crippen molar-refractivity contribution in [2.45, 2.75) is 6.92 Å². The van der Waals surface area contributed by atoms with E-state index in [0.717, 1.165) is 13.3 Å². The van der Waals surface area contributed by atoms with Crippen LogP contribution in [0.3, 0.4) is 0 Å². The number of carbonyl (C=O) groups is 1. The maximum atomic E-state index is 10.7. The van der Waals surface area contributed by atoms with Crippen molar-refractivity contribution in [3.8, 4) is 0 Å². The molecule has 0 unspecified atom stereocenters. The Morgan fingerprint density at radius 1 is 1.57 bits per heavy atom. The maximum absolute atomic E-state index is 10.7. The summed E-state index contributed by atoms with van der Waals surface area (Å²) in [6, 6.07) is 1.91. The minimum absolute atomic E-state index is 0.186. The summed E-state index contributed by atoms with van der Waals surface area (Å²) in [5.74, 6) is -0.186. The van der Waals surface area contributed by atoms with E-state index in [4.69, 9.17) is 12.2 Å². The molecular weight excluding hydrogens is 352 g/mol. The fraction of sp³-hybridized carbons (Fsp3) is 0.143. The average molecular weight is 358 g/mol. The fourth-order valence-electron chi connectivity index (χ4n) is 0.720. The predicted molar refractivity (Wildman–Crippen MR) is 69.8 cm³/mol. The fourth-order valence-corrected chi connectivity index (χ4v) is 3.46. The molecule has 1 aromatic heterocycles. The van der Waals surface area contributed by atoms with Gasteiger partial charge in [-0.2, -0.15) is 0 Å². The molecule has 1 rings (SSSR count). The monoisotopic (exact) mass is 356 g/mol. The van der Waals surface area contributed by atoms with E-state index in [0.29, 0.717) is 5.11 Å². The number of hydrogen-bond acceptors (Lipinski definition) is 3. The number of anilines is 1. The zero-order valence-electron chi connectivity index (χ0n) is 7.06. The standard InChI is InChI=1S/C7H6Br2N2OS2/c1-3(12)10-7(13)11-6-4(8)2-5(9)14-6/h2H,1H3,(H2,10,11,12,13). The van der Waals surface area contributed by atoms with Gasteiger partial charge in [0.1, 0.15) is 5.00 Å². The minimum Gasteiger partial charge on any atom is -0.323 e. The van der Waals surface area contributed by atoms with Crippen LogP contribution in [0.5, 0.6) is 0 Å². The molecule has 3 nitrogen and oxygen atoms in total. The third-order valence-corrected chi connectivity index (χ3v) is 3.82. The van der Waals surface area contributed by atoms with Gasteiger partial charge in [0.2, 0.25) is 5.91 Å². The number of hydrogen-bond donors (Lipinski definition) is 2. The molecule has 1 heterocycles. The van der Waals surface area contributed by atoms with Gasteiger partial charge in [-0.05, 0) is 50.1 Å². The molecule has 0 aromatic carbocycles. The van der Waals surface area contributed by atoms with E-state index in [1.54, 1.807) is 0 Å². The van der Waals surface area contributed by atoms with Gasteiger partial charge < -0.3 is 10.6 Å². The zero-order valence-corrected chi connectivity index (χ0v) is 11.9. The van der Waals surface area contributed by atoms with Gasteiger partial charge >= 0.3 is 0 Å². The Balaban J connectivity index is 2.64. The van der Waals surface area contributed by atoms with Crippen molar-refractivity contribution in [1.29, 1.82) is 0 Å². The summed E-state index contributed by atoms with van der Waals surface area (Å²) in [6.45, 7) is 1.41. The molecule has 7 heteroatoms. The third kappa shape index (κ3) is 3.64. The van der Waals surface area contributed by atoms with E-state index in [-0.39, 0.29) is 5.91 Å². The molecule has 0 aliphatic rings. The van der Waals surface area contributed by atoms with Crippen LogP contribution in [-0.2, 0) is 4.79 Å². The normalized spacial score (nSPS) is 9.64. The predicted octanol–water partition coefficient (Wildman–Crippen LogP) is 3.11. The van der Waals surface area contributed by atoms with E-state index in [2.05, 4.69) is 42.5 Å². The topological polar surface area (TPSA) is 41.1 Å². The van der Waals surface area contributed by atoms with Gasteiger partial charge in [-0.25, -0.2) is 0 Å². The highest BCUT2D eigenvalue weighted by Gasteiger charge is 2.07. The van der Waals surface area contributed by atoms with Crippen molar-refractivity contribution in [3.05, 3.63) is 14.3 Å². The van der Waals surface area contributed by atoms with E-state index in [1.807, 2.05) is 6.07 Å². The number of carbonyl (C=O) groups excluding carboxylic acids is 1. The summed E-state index contributed by atoms with van der Waals surface area (Å²) in [5.41, 5.74) is 0. The Kier molecular flexibility index (Phi) is 4.49. The van der Waals surface area contributed by atoms with Crippen molar-refractivity contribution in [2.24, 2.45) is 0 Å². The summed E-state index contributed by atoms with van der Waals surface area (Å²) >= 11 is 13.1. The number of rotatable bonds is 1. The molecule has 0 bridgehead atoms. The van der Waals surface area contributed by atoms with Crippen LogP contribution in [0.1, 0.15) is 6.92 Å². The van der Waals surface area contributed by atoms with Crippen LogP contribution in [0.2, 0.25) is 0 Å². The molecule has 0 aliphatic heterocycles. The van der Waals surface area contributed by atoms with Crippen LogP contribution >= 0.6 is 55.4 Å². The minimum atomic E-state index is -0.186. The van der Waals surface area contributed by atoms with Gasteiger partial charge in [0, 0.05) is 6.92 Å². The van der Waals surface area contributed by atoms with Crippen LogP contribution in [0.25, 0.3) is 0 Å². The Bertz CT molecular complexity index is 378. The Morgan fingerprint density at radius 3 is 2.64 bits per heavy atom. The number of thiophene rings is 1. The van der Waals surface area contributed by atoms with Crippen molar-refractivity contribution in [2.75, 3.05) is 5.32 Å². The molecule has 0 saturated heterocycles. The third-order valence-electron chi connectivity index (χ3n) is 1.17. The summed E-state index contributed by atoms with van der Waals surface area (Å²) in [4.78, 5) is 10.7. The second kappa shape index (κ2) is 5.20. The molecule has 1 aromatic rings. The molecule has 0 fully saturated rings. The first-order valence-corrected chi connectivity index (χ1v) is 6.33. The summed E-state index contributed by atoms with van der Waals surface area (Å²) in [7, 11) is 0. The van der Waals surface area contributed by atoms with E-state index < -0.39 is 0 Å². The number of amides is 1. The zero-order chi connectivity index (χ0) is 10.7. The van der Waals surface area contributed by atoms with Crippen LogP contribution in [-0.4, -0.2) is 11.0 Å². The Morgan fingerprint density at radius 2 is 2.21 bits per heavy atom. The smallest absolute Gasteiger partial charge is 0.222 e. The molecule has 0 radical (unpaired) electrons. The maximum Gasteiger partial charge on any atom is 0.222 e. The lowest BCUT2D eigenvalue weighted by atomic mass is 10.6. The summed E-state index contributed by atoms with van der Waals surface area (Å²) < 4.78 is 1.89. The average Bonchev–Trinajstić information content (AvgIpc) is 2.28. The lowest BCUT2D eigenvalue weighted by Gasteiger charge is -2.05. The molecule has 0 atom stereocenters. The molecule has 1 amide bonds. The van der Waals surface area contributed by atoms with Crippen molar-refractivity contribution in [1.82, 2.24) is 5.32 Å². The lowest BCUT2D eigenvalue weighted by molar-refractivity contribution is -0.117. The van der Waals surface area contributed by atoms with Gasteiger partial charge in [0.05, 0.1) is 8.26 Å². The Labute approximate surface area is 108 Å². The first-order chi connectivity index (χ1) is 6.49. The van der Waals surface area contributed by atoms with Crippen LogP contribution in [0.4, 0.5) is 5.00 Å². The molecule has 0 saturated carbocycles. The molecule has 14 heavy (non-hydrogen) atoms. The summed E-state index contributed by atoms with van der Waals surface area (Å²) in [6.07, 6.45) is 0. The van der Waals surface area contributed by atoms with Crippen molar-refractivity contribution < 1.29 is 4.79 Å². The molecule has 0 spiro atoms. The van der Waals surface area contributed by atoms with Gasteiger partial charge in [-0.15, -0.1) is 11.3 Å². The van der Waals surface area contributed by atoms with Gasteiger partial charge in [0.15, 0.2) is 5.11 Å². The highest BCUT2D eigenvalue weighted by atomic mass is 79.9.